The van der Waals surface area contributed by atoms with E-state index in [1.165, 1.54) is 12.1 Å². The van der Waals surface area contributed by atoms with Crippen LogP contribution < -0.4 is 10.1 Å². The molecule has 4 unspecified atom stereocenters. The van der Waals surface area contributed by atoms with Gasteiger partial charge in [0, 0.05) is 17.9 Å². The van der Waals surface area contributed by atoms with E-state index < -0.39 is 0 Å². The lowest BCUT2D eigenvalue weighted by Crippen LogP contribution is -2.28. The molecule has 4 atom stereocenters. The van der Waals surface area contributed by atoms with Gasteiger partial charge in [-0.15, -0.1) is 0 Å². The fourth-order valence-electron chi connectivity index (χ4n) is 3.52. The van der Waals surface area contributed by atoms with Gasteiger partial charge in [0.05, 0.1) is 7.11 Å². The summed E-state index contributed by atoms with van der Waals surface area (Å²) < 4.78 is 18.4. The number of ether oxygens (including phenoxy) is 1. The minimum Gasteiger partial charge on any atom is -0.496 e. The number of carbonyl (C=O) groups is 1. The summed E-state index contributed by atoms with van der Waals surface area (Å²) in [5.74, 6) is 1.37. The number of para-hydroxylation sites is 1. The highest BCUT2D eigenvalue weighted by Crippen LogP contribution is 2.51. The predicted molar refractivity (Wildman–Crippen MR) is 89.5 cm³/mol. The van der Waals surface area contributed by atoms with E-state index in [9.17, 15) is 9.18 Å². The molecular formula is C20H20FNO2. The first-order valence-electron chi connectivity index (χ1n) is 8.36. The van der Waals surface area contributed by atoms with Gasteiger partial charge in [-0.25, -0.2) is 4.39 Å². The predicted octanol–water partition coefficient (Wildman–Crippen LogP) is 3.61. The lowest BCUT2D eigenvalue weighted by atomic mass is 10.1. The fourth-order valence-corrected chi connectivity index (χ4v) is 3.52. The van der Waals surface area contributed by atoms with E-state index in [1.54, 1.807) is 19.2 Å². The van der Waals surface area contributed by atoms with Crippen LogP contribution in [0.15, 0.2) is 48.5 Å². The Labute approximate surface area is 140 Å². The highest BCUT2D eigenvalue weighted by molar-refractivity contribution is 5.84. The number of halogens is 1. The molecule has 24 heavy (non-hydrogen) atoms. The number of hydrogen-bond donors (Lipinski definition) is 1. The van der Waals surface area contributed by atoms with Gasteiger partial charge in [-0.3, -0.25) is 4.79 Å². The van der Waals surface area contributed by atoms with Gasteiger partial charge in [0.15, 0.2) is 0 Å². The van der Waals surface area contributed by atoms with Gasteiger partial charge in [-0.1, -0.05) is 30.3 Å². The minimum absolute atomic E-state index is 0.0377. The van der Waals surface area contributed by atoms with E-state index in [1.807, 2.05) is 24.3 Å². The number of amides is 1. The molecule has 4 rings (SSSR count). The third kappa shape index (κ3) is 2.88. The second-order valence-corrected chi connectivity index (χ2v) is 6.70. The Bertz CT molecular complexity index is 758. The first kappa shape index (κ1) is 15.2. The highest BCUT2D eigenvalue weighted by atomic mass is 19.1. The van der Waals surface area contributed by atoms with Crippen molar-refractivity contribution in [2.45, 2.75) is 30.7 Å². The summed E-state index contributed by atoms with van der Waals surface area (Å²) in [6, 6.07) is 14.6. The molecule has 0 heterocycles. The van der Waals surface area contributed by atoms with Crippen molar-refractivity contribution in [3.8, 4) is 5.75 Å². The molecule has 0 bridgehead atoms. The van der Waals surface area contributed by atoms with E-state index in [0.717, 1.165) is 29.7 Å². The number of benzene rings is 2. The van der Waals surface area contributed by atoms with Crippen LogP contribution >= 0.6 is 0 Å². The van der Waals surface area contributed by atoms with Crippen molar-refractivity contribution in [1.82, 2.24) is 5.32 Å². The second-order valence-electron chi connectivity index (χ2n) is 6.70. The van der Waals surface area contributed by atoms with Crippen LogP contribution in [0.1, 0.15) is 35.8 Å². The number of rotatable bonds is 5. The summed E-state index contributed by atoms with van der Waals surface area (Å²) in [5.41, 5.74) is 2.21. The van der Waals surface area contributed by atoms with Gasteiger partial charge < -0.3 is 10.1 Å². The molecule has 0 saturated heterocycles. The molecule has 4 heteroatoms. The molecule has 2 saturated carbocycles. The van der Waals surface area contributed by atoms with Crippen LogP contribution in [0.2, 0.25) is 0 Å². The van der Waals surface area contributed by atoms with Gasteiger partial charge in [0.25, 0.3) is 0 Å². The maximum absolute atomic E-state index is 13.0. The molecular weight excluding hydrogens is 305 g/mol. The van der Waals surface area contributed by atoms with E-state index in [2.05, 4.69) is 5.32 Å². The Morgan fingerprint density at radius 2 is 1.83 bits per heavy atom. The molecule has 2 aromatic carbocycles. The largest absolute Gasteiger partial charge is 0.496 e. The Kier molecular flexibility index (Phi) is 3.75. The van der Waals surface area contributed by atoms with Crippen LogP contribution in [0.25, 0.3) is 0 Å². The Morgan fingerprint density at radius 1 is 1.08 bits per heavy atom. The van der Waals surface area contributed by atoms with Gasteiger partial charge in [-0.05, 0) is 48.1 Å². The molecule has 0 aliphatic heterocycles. The number of carbonyl (C=O) groups excluding carboxylic acids is 1. The lowest BCUT2D eigenvalue weighted by molar-refractivity contribution is -0.122. The molecule has 1 N–H and O–H groups in total. The SMILES string of the molecule is COc1ccccc1C1CC1C(=O)NC1CC1c1ccc(F)cc1. The van der Waals surface area contributed by atoms with Crippen LogP contribution in [-0.2, 0) is 4.79 Å². The summed E-state index contributed by atoms with van der Waals surface area (Å²) in [6.45, 7) is 0. The summed E-state index contributed by atoms with van der Waals surface area (Å²) >= 11 is 0. The lowest BCUT2D eigenvalue weighted by Gasteiger charge is -2.08. The minimum atomic E-state index is -0.224. The van der Waals surface area contributed by atoms with Crippen molar-refractivity contribution < 1.29 is 13.9 Å². The molecule has 1 amide bonds. The molecule has 0 radical (unpaired) electrons. The molecule has 0 spiro atoms. The van der Waals surface area contributed by atoms with Crippen molar-refractivity contribution in [2.75, 3.05) is 7.11 Å². The summed E-state index contributed by atoms with van der Waals surface area (Å²) in [7, 11) is 1.66. The molecule has 3 nitrogen and oxygen atoms in total. The Balaban J connectivity index is 1.35. The van der Waals surface area contributed by atoms with Crippen LogP contribution in [0.5, 0.6) is 5.75 Å². The van der Waals surface area contributed by atoms with Crippen molar-refractivity contribution >= 4 is 5.91 Å². The smallest absolute Gasteiger partial charge is 0.223 e. The summed E-state index contributed by atoms with van der Waals surface area (Å²) in [6.07, 6.45) is 1.81. The van der Waals surface area contributed by atoms with E-state index >= 15 is 0 Å². The number of methoxy groups -OCH3 is 1. The maximum atomic E-state index is 13.0. The van der Waals surface area contributed by atoms with Gasteiger partial charge in [0.1, 0.15) is 11.6 Å². The Morgan fingerprint density at radius 3 is 2.58 bits per heavy atom. The molecule has 2 aliphatic rings. The van der Waals surface area contributed by atoms with Crippen LogP contribution in [0.4, 0.5) is 4.39 Å². The topological polar surface area (TPSA) is 38.3 Å². The molecule has 124 valence electrons. The van der Waals surface area contributed by atoms with Crippen molar-refractivity contribution in [1.29, 1.82) is 0 Å². The van der Waals surface area contributed by atoms with E-state index in [0.29, 0.717) is 5.92 Å². The normalized spacial score (nSPS) is 27.4. The average molecular weight is 325 g/mol. The molecule has 2 aliphatic carbocycles. The second kappa shape index (κ2) is 5.93. The first-order valence-corrected chi connectivity index (χ1v) is 8.36. The zero-order valence-electron chi connectivity index (χ0n) is 13.5. The average Bonchev–Trinajstić information content (AvgIpc) is 3.50. The van der Waals surface area contributed by atoms with E-state index in [-0.39, 0.29) is 29.6 Å². The number of nitrogens with one attached hydrogen (secondary N) is 1. The molecule has 2 fully saturated rings. The zero-order valence-corrected chi connectivity index (χ0v) is 13.5. The summed E-state index contributed by atoms with van der Waals surface area (Å²) in [4.78, 5) is 12.5. The van der Waals surface area contributed by atoms with Crippen molar-refractivity contribution in [3.63, 3.8) is 0 Å². The van der Waals surface area contributed by atoms with Crippen molar-refractivity contribution in [3.05, 3.63) is 65.5 Å². The maximum Gasteiger partial charge on any atom is 0.223 e. The monoisotopic (exact) mass is 325 g/mol. The fraction of sp³-hybridized carbons (Fsp3) is 0.350. The van der Waals surface area contributed by atoms with Crippen LogP contribution in [-0.4, -0.2) is 19.1 Å². The standard InChI is InChI=1S/C20H20FNO2/c1-24-19-5-3-2-4-14(19)16-10-17(16)20(23)22-18-11-15(18)12-6-8-13(21)9-7-12/h2-9,15-18H,10-11H2,1H3,(H,22,23). The van der Waals surface area contributed by atoms with Crippen molar-refractivity contribution in [2.24, 2.45) is 5.92 Å². The Hall–Kier alpha value is -2.36. The number of hydrogen-bond acceptors (Lipinski definition) is 2. The van der Waals surface area contributed by atoms with Gasteiger partial charge >= 0.3 is 0 Å². The van der Waals surface area contributed by atoms with Crippen LogP contribution in [0.3, 0.4) is 0 Å². The highest BCUT2D eigenvalue weighted by Gasteiger charge is 2.48. The third-order valence-corrected chi connectivity index (χ3v) is 5.08. The summed E-state index contributed by atoms with van der Waals surface area (Å²) in [5, 5.41) is 3.14. The zero-order chi connectivity index (χ0) is 16.7. The third-order valence-electron chi connectivity index (χ3n) is 5.08. The van der Waals surface area contributed by atoms with Gasteiger partial charge in [-0.2, -0.15) is 0 Å². The quantitative estimate of drug-likeness (QED) is 0.912. The first-order chi connectivity index (χ1) is 11.7. The molecule has 2 aromatic rings. The van der Waals surface area contributed by atoms with E-state index in [4.69, 9.17) is 4.74 Å². The van der Waals surface area contributed by atoms with Crippen LogP contribution in [0, 0.1) is 11.7 Å². The molecule has 0 aromatic heterocycles. The van der Waals surface area contributed by atoms with Gasteiger partial charge in [0.2, 0.25) is 5.91 Å².